The van der Waals surface area contributed by atoms with Crippen LogP contribution in [0.4, 0.5) is 0 Å². The first-order chi connectivity index (χ1) is 10.6. The first kappa shape index (κ1) is 15.5. The summed E-state index contributed by atoms with van der Waals surface area (Å²) in [6, 6.07) is 23.8. The van der Waals surface area contributed by atoms with E-state index in [1.807, 2.05) is 17.4 Å². The molecule has 0 amide bonds. The van der Waals surface area contributed by atoms with E-state index in [0.29, 0.717) is 0 Å². The minimum Gasteiger partial charge on any atom is -0.145 e. The molecule has 0 aliphatic carbocycles. The second-order valence-electron chi connectivity index (χ2n) is 6.12. The van der Waals surface area contributed by atoms with Crippen molar-refractivity contribution in [1.29, 1.82) is 0 Å². The van der Waals surface area contributed by atoms with Gasteiger partial charge in [-0.2, -0.15) is 0 Å². The summed E-state index contributed by atoms with van der Waals surface area (Å²) in [5.41, 5.74) is 4.59. The quantitative estimate of drug-likeness (QED) is 0.416. The summed E-state index contributed by atoms with van der Waals surface area (Å²) < 4.78 is 1.48. The second kappa shape index (κ2) is 6.41. The van der Waals surface area contributed by atoms with Crippen molar-refractivity contribution in [2.75, 3.05) is 5.50 Å². The highest BCUT2D eigenvalue weighted by Gasteiger charge is 2.24. The van der Waals surface area contributed by atoms with E-state index in [0.717, 1.165) is 5.50 Å². The molecule has 3 heteroatoms. The summed E-state index contributed by atoms with van der Waals surface area (Å²) in [5, 5.41) is 0. The van der Waals surface area contributed by atoms with E-state index < -0.39 is 8.07 Å². The maximum absolute atomic E-state index is 6.14. The summed E-state index contributed by atoms with van der Waals surface area (Å²) in [5.74, 6) is 0. The van der Waals surface area contributed by atoms with E-state index in [9.17, 15) is 0 Å². The van der Waals surface area contributed by atoms with Gasteiger partial charge in [0.1, 0.15) is 8.07 Å². The van der Waals surface area contributed by atoms with Crippen molar-refractivity contribution < 1.29 is 0 Å². The van der Waals surface area contributed by atoms with Crippen LogP contribution >= 0.6 is 22.9 Å². The van der Waals surface area contributed by atoms with Gasteiger partial charge in [0, 0.05) is 10.4 Å². The molecule has 0 N–H and O–H groups in total. The van der Waals surface area contributed by atoms with Gasteiger partial charge in [-0.05, 0) is 27.3 Å². The standard InChI is InChI=1S/C19H19ClSSi/c1-22(2,14-20)19-13-12-18(21-19)17-10-8-16(9-11-17)15-6-4-3-5-7-15/h3-13H,14H2,1-2H3. The molecule has 112 valence electrons. The fraction of sp³-hybridized carbons (Fsp3) is 0.158. The first-order valence-corrected chi connectivity index (χ1v) is 12.0. The minimum atomic E-state index is -1.45. The van der Waals surface area contributed by atoms with Gasteiger partial charge in [-0.25, -0.2) is 0 Å². The van der Waals surface area contributed by atoms with Crippen LogP contribution in [0.3, 0.4) is 0 Å². The highest BCUT2D eigenvalue weighted by molar-refractivity contribution is 7.29. The third-order valence-corrected chi connectivity index (χ3v) is 11.0. The predicted octanol–water partition coefficient (Wildman–Crippen LogP) is 5.78. The molecule has 0 bridgehead atoms. The molecule has 0 saturated heterocycles. The van der Waals surface area contributed by atoms with Crippen molar-refractivity contribution in [3.63, 3.8) is 0 Å². The van der Waals surface area contributed by atoms with Crippen molar-refractivity contribution >= 4 is 35.5 Å². The molecule has 0 nitrogen and oxygen atoms in total. The normalized spacial score (nSPS) is 11.6. The van der Waals surface area contributed by atoms with Gasteiger partial charge < -0.3 is 0 Å². The first-order valence-electron chi connectivity index (χ1n) is 7.42. The second-order valence-corrected chi connectivity index (χ2v) is 12.9. The monoisotopic (exact) mass is 342 g/mol. The number of halogens is 1. The lowest BCUT2D eigenvalue weighted by Crippen LogP contribution is -2.41. The summed E-state index contributed by atoms with van der Waals surface area (Å²) in [6.45, 7) is 4.65. The SMILES string of the molecule is C[Si](C)(CCl)c1ccc(-c2ccc(-c3ccccc3)cc2)s1. The summed E-state index contributed by atoms with van der Waals surface area (Å²) in [6.07, 6.45) is 0. The van der Waals surface area contributed by atoms with Crippen molar-refractivity contribution in [1.82, 2.24) is 0 Å². The van der Waals surface area contributed by atoms with Gasteiger partial charge in [0.25, 0.3) is 0 Å². The third kappa shape index (κ3) is 3.19. The molecular weight excluding hydrogens is 324 g/mol. The molecule has 3 aromatic rings. The highest BCUT2D eigenvalue weighted by atomic mass is 35.5. The Morgan fingerprint density at radius 1 is 0.773 bits per heavy atom. The van der Waals surface area contributed by atoms with Crippen LogP contribution in [0.1, 0.15) is 0 Å². The van der Waals surface area contributed by atoms with Gasteiger partial charge in [0.2, 0.25) is 0 Å². The Hall–Kier alpha value is -1.35. The smallest absolute Gasteiger partial charge is 0.108 e. The molecule has 0 atom stereocenters. The molecule has 3 rings (SSSR count). The van der Waals surface area contributed by atoms with Crippen LogP contribution < -0.4 is 4.50 Å². The zero-order valence-electron chi connectivity index (χ0n) is 12.8. The molecule has 2 aromatic carbocycles. The number of hydrogen-bond donors (Lipinski definition) is 0. The molecular formula is C19H19ClSSi. The number of benzene rings is 2. The molecule has 0 radical (unpaired) electrons. The fourth-order valence-corrected chi connectivity index (χ4v) is 6.13. The maximum Gasteiger partial charge on any atom is 0.108 e. The van der Waals surface area contributed by atoms with Gasteiger partial charge in [0.15, 0.2) is 0 Å². The number of alkyl halides is 1. The van der Waals surface area contributed by atoms with E-state index in [4.69, 9.17) is 11.6 Å². The van der Waals surface area contributed by atoms with Gasteiger partial charge >= 0.3 is 0 Å². The predicted molar refractivity (Wildman–Crippen MR) is 103 cm³/mol. The lowest BCUT2D eigenvalue weighted by molar-refractivity contribution is 1.62. The summed E-state index contributed by atoms with van der Waals surface area (Å²) in [4.78, 5) is 1.33. The van der Waals surface area contributed by atoms with E-state index in [2.05, 4.69) is 73.8 Å². The zero-order valence-corrected chi connectivity index (χ0v) is 15.4. The van der Waals surface area contributed by atoms with Gasteiger partial charge in [-0.1, -0.05) is 73.8 Å². The van der Waals surface area contributed by atoms with E-state index in [1.165, 1.54) is 26.1 Å². The Kier molecular flexibility index (Phi) is 4.53. The van der Waals surface area contributed by atoms with Crippen molar-refractivity contribution in [2.24, 2.45) is 0 Å². The third-order valence-electron chi connectivity index (χ3n) is 3.88. The Morgan fingerprint density at radius 2 is 1.36 bits per heavy atom. The number of rotatable bonds is 4. The molecule has 1 heterocycles. The minimum absolute atomic E-state index is 0.778. The highest BCUT2D eigenvalue weighted by Crippen LogP contribution is 2.28. The number of hydrogen-bond acceptors (Lipinski definition) is 1. The number of thiophene rings is 1. The molecule has 22 heavy (non-hydrogen) atoms. The molecule has 0 aliphatic heterocycles. The van der Waals surface area contributed by atoms with Gasteiger partial charge in [0.05, 0.1) is 0 Å². The van der Waals surface area contributed by atoms with Crippen molar-refractivity contribution in [2.45, 2.75) is 13.1 Å². The molecule has 0 spiro atoms. The average molecular weight is 343 g/mol. The van der Waals surface area contributed by atoms with Crippen LogP contribution in [0.25, 0.3) is 21.6 Å². The van der Waals surface area contributed by atoms with Crippen LogP contribution in [0, 0.1) is 0 Å². The van der Waals surface area contributed by atoms with Crippen LogP contribution in [0.2, 0.25) is 13.1 Å². The lowest BCUT2D eigenvalue weighted by atomic mass is 10.0. The Morgan fingerprint density at radius 3 is 2.00 bits per heavy atom. The van der Waals surface area contributed by atoms with Crippen LogP contribution in [-0.4, -0.2) is 13.6 Å². The van der Waals surface area contributed by atoms with Crippen LogP contribution in [0.15, 0.2) is 66.7 Å². The Labute approximate surface area is 142 Å². The zero-order chi connectivity index (χ0) is 15.6. The molecule has 0 saturated carbocycles. The Balaban J connectivity index is 1.88. The summed E-state index contributed by atoms with van der Waals surface area (Å²) >= 11 is 8.04. The van der Waals surface area contributed by atoms with Gasteiger partial charge in [-0.15, -0.1) is 22.9 Å². The van der Waals surface area contributed by atoms with Gasteiger partial charge in [-0.3, -0.25) is 0 Å². The van der Waals surface area contributed by atoms with Crippen LogP contribution in [0.5, 0.6) is 0 Å². The molecule has 0 fully saturated rings. The largest absolute Gasteiger partial charge is 0.145 e. The molecule has 1 aromatic heterocycles. The maximum atomic E-state index is 6.14. The van der Waals surface area contributed by atoms with E-state index in [-0.39, 0.29) is 0 Å². The average Bonchev–Trinajstić information content (AvgIpc) is 3.07. The fourth-order valence-electron chi connectivity index (χ4n) is 2.38. The van der Waals surface area contributed by atoms with E-state index in [1.54, 1.807) is 0 Å². The molecule has 0 aliphatic rings. The topological polar surface area (TPSA) is 0 Å². The Bertz CT molecular complexity index is 745. The van der Waals surface area contributed by atoms with Crippen molar-refractivity contribution in [3.8, 4) is 21.6 Å². The molecule has 0 unspecified atom stereocenters. The lowest BCUT2D eigenvalue weighted by Gasteiger charge is -2.16. The van der Waals surface area contributed by atoms with Crippen molar-refractivity contribution in [3.05, 3.63) is 66.7 Å². The summed E-state index contributed by atoms with van der Waals surface area (Å²) in [7, 11) is -1.45. The van der Waals surface area contributed by atoms with Crippen LogP contribution in [-0.2, 0) is 0 Å². The van der Waals surface area contributed by atoms with E-state index >= 15 is 0 Å².